The number of alkyl halides is 2. The van der Waals surface area contributed by atoms with Crippen LogP contribution in [0.25, 0.3) is 0 Å². The molecule has 20 heavy (non-hydrogen) atoms. The smallest absolute Gasteiger partial charge is 0.319 e. The zero-order chi connectivity index (χ0) is 15.0. The molecule has 0 aliphatic heterocycles. The molecule has 0 saturated carbocycles. The number of rotatable bonds is 7. The number of amides is 2. The van der Waals surface area contributed by atoms with E-state index in [1.54, 1.807) is 0 Å². The molecule has 0 atom stereocenters. The molecule has 1 aromatic carbocycles. The Balaban J connectivity index is 2.10. The van der Waals surface area contributed by atoms with Gasteiger partial charge in [0.25, 0.3) is 0 Å². The third kappa shape index (κ3) is 7.66. The van der Waals surface area contributed by atoms with Gasteiger partial charge in [0, 0.05) is 18.7 Å². The first-order chi connectivity index (χ1) is 9.37. The van der Waals surface area contributed by atoms with Gasteiger partial charge in [0.2, 0.25) is 5.92 Å². The minimum Gasteiger partial charge on any atom is -0.338 e. The van der Waals surface area contributed by atoms with E-state index in [-0.39, 0.29) is 12.2 Å². The van der Waals surface area contributed by atoms with Gasteiger partial charge in [-0.3, -0.25) is 0 Å². The van der Waals surface area contributed by atoms with Crippen molar-refractivity contribution in [2.24, 2.45) is 0 Å². The quantitative estimate of drug-likeness (QED) is 0.727. The van der Waals surface area contributed by atoms with Gasteiger partial charge in [-0.15, -0.1) is 0 Å². The highest BCUT2D eigenvalue weighted by atomic mass is 19.3. The summed E-state index contributed by atoms with van der Waals surface area (Å²) in [6.07, 6.45) is 1.59. The minimum atomic E-state index is -2.62. The number of carbonyl (C=O) groups is 1. The summed E-state index contributed by atoms with van der Waals surface area (Å²) in [6.45, 7) is 1.32. The Morgan fingerprint density at radius 3 is 2.40 bits per heavy atom. The molecule has 0 aromatic heterocycles. The Bertz CT molecular complexity index is 415. The van der Waals surface area contributed by atoms with E-state index in [0.29, 0.717) is 31.5 Å². The van der Waals surface area contributed by atoms with Crippen LogP contribution in [0.3, 0.4) is 0 Å². The summed E-state index contributed by atoms with van der Waals surface area (Å²) in [4.78, 5) is 11.5. The van der Waals surface area contributed by atoms with E-state index >= 15 is 0 Å². The normalized spacial score (nSPS) is 11.2. The van der Waals surface area contributed by atoms with Crippen molar-refractivity contribution >= 4 is 11.7 Å². The van der Waals surface area contributed by atoms with Gasteiger partial charge in [0.15, 0.2) is 0 Å². The lowest BCUT2D eigenvalue weighted by atomic mass is 10.1. The fraction of sp³-hybridized carbons (Fsp3) is 0.500. The maximum Gasteiger partial charge on any atom is 0.319 e. The molecule has 0 saturated heterocycles. The van der Waals surface area contributed by atoms with Crippen molar-refractivity contribution in [3.05, 3.63) is 30.1 Å². The average Bonchev–Trinajstić information content (AvgIpc) is 2.35. The Morgan fingerprint density at radius 1 is 1.15 bits per heavy atom. The summed E-state index contributed by atoms with van der Waals surface area (Å²) >= 11 is 0. The van der Waals surface area contributed by atoms with Crippen molar-refractivity contribution in [3.8, 4) is 0 Å². The molecule has 3 nitrogen and oxygen atoms in total. The topological polar surface area (TPSA) is 41.1 Å². The molecule has 1 rings (SSSR count). The second kappa shape index (κ2) is 7.77. The second-order valence-corrected chi connectivity index (χ2v) is 4.77. The largest absolute Gasteiger partial charge is 0.338 e. The maximum absolute atomic E-state index is 12.6. The van der Waals surface area contributed by atoms with E-state index in [1.165, 1.54) is 24.3 Å². The van der Waals surface area contributed by atoms with Crippen LogP contribution in [0.4, 0.5) is 23.7 Å². The zero-order valence-corrected chi connectivity index (χ0v) is 11.4. The van der Waals surface area contributed by atoms with Crippen molar-refractivity contribution in [1.82, 2.24) is 5.32 Å². The standard InChI is InChI=1S/C14H19F3N2O/c1-14(16,17)9-3-2-4-10-18-13(20)19-12-7-5-11(15)6-8-12/h5-8H,2-4,9-10H2,1H3,(H2,18,19,20). The van der Waals surface area contributed by atoms with E-state index in [9.17, 15) is 18.0 Å². The third-order valence-electron chi connectivity index (χ3n) is 2.68. The molecular formula is C14H19F3N2O. The zero-order valence-electron chi connectivity index (χ0n) is 11.4. The van der Waals surface area contributed by atoms with Crippen molar-refractivity contribution in [1.29, 1.82) is 0 Å². The van der Waals surface area contributed by atoms with Crippen molar-refractivity contribution in [3.63, 3.8) is 0 Å². The highest BCUT2D eigenvalue weighted by Crippen LogP contribution is 2.19. The monoisotopic (exact) mass is 288 g/mol. The number of nitrogens with one attached hydrogen (secondary N) is 2. The number of benzene rings is 1. The SMILES string of the molecule is CC(F)(F)CCCCCNC(=O)Nc1ccc(F)cc1. The van der Waals surface area contributed by atoms with Crippen LogP contribution in [0, 0.1) is 5.82 Å². The highest BCUT2D eigenvalue weighted by Gasteiger charge is 2.19. The Labute approximate surface area is 116 Å². The van der Waals surface area contributed by atoms with Gasteiger partial charge in [-0.2, -0.15) is 0 Å². The van der Waals surface area contributed by atoms with Gasteiger partial charge in [-0.25, -0.2) is 18.0 Å². The van der Waals surface area contributed by atoms with E-state index in [2.05, 4.69) is 10.6 Å². The molecule has 0 radical (unpaired) electrons. The third-order valence-corrected chi connectivity index (χ3v) is 2.68. The minimum absolute atomic E-state index is 0.130. The lowest BCUT2D eigenvalue weighted by Gasteiger charge is -2.10. The molecule has 0 spiro atoms. The molecule has 0 aliphatic carbocycles. The second-order valence-electron chi connectivity index (χ2n) is 4.77. The van der Waals surface area contributed by atoms with Gasteiger partial charge < -0.3 is 10.6 Å². The molecule has 1 aromatic rings. The average molecular weight is 288 g/mol. The lowest BCUT2D eigenvalue weighted by molar-refractivity contribution is 0.0104. The van der Waals surface area contributed by atoms with Gasteiger partial charge in [-0.05, 0) is 44.0 Å². The van der Waals surface area contributed by atoms with Crippen molar-refractivity contribution in [2.75, 3.05) is 11.9 Å². The molecule has 0 unspecified atom stereocenters. The highest BCUT2D eigenvalue weighted by molar-refractivity contribution is 5.89. The molecule has 2 amide bonds. The summed E-state index contributed by atoms with van der Waals surface area (Å²) in [7, 11) is 0. The van der Waals surface area contributed by atoms with Crippen LogP contribution < -0.4 is 10.6 Å². The number of hydrogen-bond acceptors (Lipinski definition) is 1. The molecule has 0 heterocycles. The number of anilines is 1. The molecule has 112 valence electrons. The Hall–Kier alpha value is -1.72. The van der Waals surface area contributed by atoms with E-state index in [0.717, 1.165) is 6.92 Å². The summed E-state index contributed by atoms with van der Waals surface area (Å²) < 4.78 is 37.7. The van der Waals surface area contributed by atoms with Crippen LogP contribution in [0.2, 0.25) is 0 Å². The maximum atomic E-state index is 12.6. The Kier molecular flexibility index (Phi) is 6.35. The molecule has 0 fully saturated rings. The number of urea groups is 1. The van der Waals surface area contributed by atoms with Gasteiger partial charge in [0.1, 0.15) is 5.82 Å². The van der Waals surface area contributed by atoms with Gasteiger partial charge >= 0.3 is 6.03 Å². The number of carbonyl (C=O) groups excluding carboxylic acids is 1. The predicted molar refractivity (Wildman–Crippen MR) is 72.5 cm³/mol. The van der Waals surface area contributed by atoms with Gasteiger partial charge in [-0.1, -0.05) is 6.42 Å². The van der Waals surface area contributed by atoms with Crippen LogP contribution >= 0.6 is 0 Å². The van der Waals surface area contributed by atoms with Crippen LogP contribution in [0.1, 0.15) is 32.6 Å². The molecule has 6 heteroatoms. The molecule has 0 bridgehead atoms. The first kappa shape index (κ1) is 16.3. The van der Waals surface area contributed by atoms with Crippen LogP contribution in [-0.2, 0) is 0 Å². The number of halogens is 3. The summed E-state index contributed by atoms with van der Waals surface area (Å²) in [5.74, 6) is -2.99. The van der Waals surface area contributed by atoms with Crippen LogP contribution in [-0.4, -0.2) is 18.5 Å². The number of unbranched alkanes of at least 4 members (excludes halogenated alkanes) is 2. The molecular weight excluding hydrogens is 269 g/mol. The Morgan fingerprint density at radius 2 is 1.80 bits per heavy atom. The van der Waals surface area contributed by atoms with Crippen molar-refractivity contribution < 1.29 is 18.0 Å². The first-order valence-corrected chi connectivity index (χ1v) is 6.55. The lowest BCUT2D eigenvalue weighted by Crippen LogP contribution is -2.29. The van der Waals surface area contributed by atoms with E-state index < -0.39 is 12.0 Å². The molecule has 0 aliphatic rings. The fourth-order valence-corrected chi connectivity index (χ4v) is 1.65. The van der Waals surface area contributed by atoms with Crippen LogP contribution in [0.15, 0.2) is 24.3 Å². The summed E-state index contributed by atoms with van der Waals surface area (Å²) in [6, 6.07) is 5.02. The predicted octanol–water partition coefficient (Wildman–Crippen LogP) is 4.16. The first-order valence-electron chi connectivity index (χ1n) is 6.55. The summed E-state index contributed by atoms with van der Waals surface area (Å²) in [5, 5.41) is 5.16. The van der Waals surface area contributed by atoms with E-state index in [1.807, 2.05) is 0 Å². The summed E-state index contributed by atoms with van der Waals surface area (Å²) in [5.41, 5.74) is 0.495. The van der Waals surface area contributed by atoms with Crippen LogP contribution in [0.5, 0.6) is 0 Å². The van der Waals surface area contributed by atoms with E-state index in [4.69, 9.17) is 0 Å². The van der Waals surface area contributed by atoms with Crippen molar-refractivity contribution in [2.45, 2.75) is 38.5 Å². The number of hydrogen-bond donors (Lipinski definition) is 2. The molecule has 2 N–H and O–H groups in total. The fourth-order valence-electron chi connectivity index (χ4n) is 1.65. The van der Waals surface area contributed by atoms with Gasteiger partial charge in [0.05, 0.1) is 0 Å².